The molecule has 26 heavy (non-hydrogen) atoms. The normalized spacial score (nSPS) is 10.8. The first-order chi connectivity index (χ1) is 12.6. The number of hydrogen-bond donors (Lipinski definition) is 2. The van der Waals surface area contributed by atoms with E-state index < -0.39 is 5.97 Å². The van der Waals surface area contributed by atoms with Crippen LogP contribution in [-0.2, 0) is 4.79 Å². The number of carbonyl (C=O) groups is 2. The number of carboxylic acids is 1. The van der Waals surface area contributed by atoms with Gasteiger partial charge in [0, 0.05) is 5.69 Å². The van der Waals surface area contributed by atoms with Gasteiger partial charge in [-0.2, -0.15) is 5.10 Å². The second kappa shape index (κ2) is 7.94. The van der Waals surface area contributed by atoms with Crippen molar-refractivity contribution >= 4 is 34.6 Å². The van der Waals surface area contributed by atoms with E-state index in [4.69, 9.17) is 0 Å². The van der Waals surface area contributed by atoms with E-state index in [2.05, 4.69) is 15.8 Å². The summed E-state index contributed by atoms with van der Waals surface area (Å²) in [6.07, 6.45) is 1.44. The van der Waals surface area contributed by atoms with E-state index >= 15 is 0 Å². The van der Waals surface area contributed by atoms with E-state index in [0.717, 1.165) is 16.5 Å². The molecule has 0 unspecified atom stereocenters. The van der Waals surface area contributed by atoms with Crippen LogP contribution >= 0.6 is 0 Å². The molecule has 0 aliphatic carbocycles. The van der Waals surface area contributed by atoms with Crippen molar-refractivity contribution in [2.75, 3.05) is 11.9 Å². The highest BCUT2D eigenvalue weighted by atomic mass is 16.4. The molecule has 0 radical (unpaired) electrons. The Labute approximate surface area is 150 Å². The SMILES string of the molecule is O=C(CNc1ccc2ccccc2c1)NN=Cc1ccc(C(=O)[O-])cc1. The minimum Gasteiger partial charge on any atom is -0.545 e. The summed E-state index contributed by atoms with van der Waals surface area (Å²) in [6, 6.07) is 19.9. The maximum atomic E-state index is 11.8. The first-order valence-corrected chi connectivity index (χ1v) is 7.98. The number of carbonyl (C=O) groups excluding carboxylic acids is 2. The Morgan fingerprint density at radius 2 is 1.69 bits per heavy atom. The number of hydrazone groups is 1. The van der Waals surface area contributed by atoms with Crippen LogP contribution in [0.4, 0.5) is 5.69 Å². The molecule has 0 bridgehead atoms. The lowest BCUT2D eigenvalue weighted by Crippen LogP contribution is -2.25. The van der Waals surface area contributed by atoms with Crippen molar-refractivity contribution in [3.63, 3.8) is 0 Å². The van der Waals surface area contributed by atoms with Crippen molar-refractivity contribution in [1.82, 2.24) is 5.43 Å². The van der Waals surface area contributed by atoms with Crippen LogP contribution in [0.1, 0.15) is 15.9 Å². The first kappa shape index (κ1) is 17.2. The zero-order valence-corrected chi connectivity index (χ0v) is 13.8. The third-order valence-electron chi connectivity index (χ3n) is 3.75. The first-order valence-electron chi connectivity index (χ1n) is 7.98. The van der Waals surface area contributed by atoms with Gasteiger partial charge in [0.25, 0.3) is 5.91 Å². The number of amides is 1. The molecule has 3 aromatic rings. The average molecular weight is 346 g/mol. The van der Waals surface area contributed by atoms with Crippen LogP contribution in [0.25, 0.3) is 10.8 Å². The molecule has 1 amide bonds. The van der Waals surface area contributed by atoms with Crippen molar-refractivity contribution in [3.05, 3.63) is 77.9 Å². The monoisotopic (exact) mass is 346 g/mol. The fourth-order valence-corrected chi connectivity index (χ4v) is 2.41. The smallest absolute Gasteiger partial charge is 0.259 e. The highest BCUT2D eigenvalue weighted by Crippen LogP contribution is 2.18. The Bertz CT molecular complexity index is 965. The van der Waals surface area contributed by atoms with Gasteiger partial charge >= 0.3 is 0 Å². The van der Waals surface area contributed by atoms with E-state index in [1.54, 1.807) is 12.1 Å². The molecule has 0 saturated carbocycles. The number of fused-ring (bicyclic) bond motifs is 1. The van der Waals surface area contributed by atoms with E-state index in [9.17, 15) is 14.7 Å². The van der Waals surface area contributed by atoms with Gasteiger partial charge in [-0.05, 0) is 34.0 Å². The number of carboxylic acid groups (broad SMARTS) is 1. The summed E-state index contributed by atoms with van der Waals surface area (Å²) in [7, 11) is 0. The minimum absolute atomic E-state index is 0.0826. The van der Waals surface area contributed by atoms with Gasteiger partial charge in [-0.1, -0.05) is 54.6 Å². The van der Waals surface area contributed by atoms with E-state index in [-0.39, 0.29) is 18.0 Å². The van der Waals surface area contributed by atoms with Gasteiger partial charge in [-0.3, -0.25) is 4.79 Å². The summed E-state index contributed by atoms with van der Waals surface area (Å²) in [5.41, 5.74) is 4.02. The lowest BCUT2D eigenvalue weighted by atomic mass is 10.1. The van der Waals surface area contributed by atoms with Gasteiger partial charge in [0.15, 0.2) is 0 Å². The van der Waals surface area contributed by atoms with Crippen molar-refractivity contribution in [3.8, 4) is 0 Å². The zero-order chi connectivity index (χ0) is 18.4. The predicted molar refractivity (Wildman–Crippen MR) is 98.9 cm³/mol. The molecule has 3 aromatic carbocycles. The molecule has 0 spiro atoms. The highest BCUT2D eigenvalue weighted by Gasteiger charge is 2.01. The molecular weight excluding hydrogens is 330 g/mol. The number of nitrogens with one attached hydrogen (secondary N) is 2. The second-order valence-electron chi connectivity index (χ2n) is 5.62. The van der Waals surface area contributed by atoms with Crippen LogP contribution in [0.3, 0.4) is 0 Å². The van der Waals surface area contributed by atoms with Crippen LogP contribution in [-0.4, -0.2) is 24.6 Å². The summed E-state index contributed by atoms with van der Waals surface area (Å²) < 4.78 is 0. The molecule has 6 heteroatoms. The largest absolute Gasteiger partial charge is 0.545 e. The summed E-state index contributed by atoms with van der Waals surface area (Å²) in [5, 5.41) is 19.8. The molecule has 2 N–H and O–H groups in total. The Balaban J connectivity index is 1.51. The molecular formula is C20H16N3O3-. The third kappa shape index (κ3) is 4.45. The van der Waals surface area contributed by atoms with Gasteiger partial charge < -0.3 is 15.2 Å². The Hall–Kier alpha value is -3.67. The Kier molecular flexibility index (Phi) is 5.24. The van der Waals surface area contributed by atoms with Gasteiger partial charge in [-0.15, -0.1) is 0 Å². The van der Waals surface area contributed by atoms with Gasteiger partial charge in [0.1, 0.15) is 0 Å². The second-order valence-corrected chi connectivity index (χ2v) is 5.62. The number of rotatable bonds is 6. The highest BCUT2D eigenvalue weighted by molar-refractivity contribution is 5.89. The molecule has 3 rings (SSSR count). The van der Waals surface area contributed by atoms with E-state index in [1.165, 1.54) is 18.3 Å². The topological polar surface area (TPSA) is 93.6 Å². The number of hydrogen-bond acceptors (Lipinski definition) is 5. The summed E-state index contributed by atoms with van der Waals surface area (Å²) in [6.45, 7) is 0.0826. The average Bonchev–Trinajstić information content (AvgIpc) is 2.66. The molecule has 0 atom stereocenters. The summed E-state index contributed by atoms with van der Waals surface area (Å²) in [4.78, 5) is 22.5. The Morgan fingerprint density at radius 1 is 0.962 bits per heavy atom. The van der Waals surface area contributed by atoms with Crippen LogP contribution in [0.2, 0.25) is 0 Å². The standard InChI is InChI=1S/C20H17N3O3/c24-19(23-22-12-14-5-7-16(8-6-14)20(25)26)13-21-18-10-9-15-3-1-2-4-17(15)11-18/h1-12,21H,13H2,(H,23,24)(H,25,26)/p-1. The summed E-state index contributed by atoms with van der Waals surface area (Å²) >= 11 is 0. The molecule has 0 aliphatic heterocycles. The number of nitrogens with zero attached hydrogens (tertiary/aromatic N) is 1. The van der Waals surface area contributed by atoms with Crippen LogP contribution in [0.15, 0.2) is 71.8 Å². The lowest BCUT2D eigenvalue weighted by molar-refractivity contribution is -0.255. The van der Waals surface area contributed by atoms with Gasteiger partial charge in [0.2, 0.25) is 0 Å². The molecule has 0 aromatic heterocycles. The molecule has 0 heterocycles. The zero-order valence-electron chi connectivity index (χ0n) is 13.8. The van der Waals surface area contributed by atoms with Crippen molar-refractivity contribution in [2.24, 2.45) is 5.10 Å². The molecule has 0 fully saturated rings. The molecule has 0 saturated heterocycles. The van der Waals surface area contributed by atoms with E-state index in [1.807, 2.05) is 42.5 Å². The lowest BCUT2D eigenvalue weighted by Gasteiger charge is -2.06. The molecule has 6 nitrogen and oxygen atoms in total. The predicted octanol–water partition coefficient (Wildman–Crippen LogP) is 1.77. The third-order valence-corrected chi connectivity index (χ3v) is 3.75. The fourth-order valence-electron chi connectivity index (χ4n) is 2.41. The molecule has 0 aliphatic rings. The molecule has 130 valence electrons. The van der Waals surface area contributed by atoms with E-state index in [0.29, 0.717) is 5.56 Å². The van der Waals surface area contributed by atoms with Crippen LogP contribution < -0.4 is 15.8 Å². The van der Waals surface area contributed by atoms with Crippen molar-refractivity contribution < 1.29 is 14.7 Å². The van der Waals surface area contributed by atoms with Crippen LogP contribution in [0, 0.1) is 0 Å². The van der Waals surface area contributed by atoms with Crippen molar-refractivity contribution in [2.45, 2.75) is 0 Å². The van der Waals surface area contributed by atoms with Gasteiger partial charge in [-0.25, -0.2) is 5.43 Å². The summed E-state index contributed by atoms with van der Waals surface area (Å²) in [5.74, 6) is -1.53. The number of anilines is 1. The fraction of sp³-hybridized carbons (Fsp3) is 0.0500. The van der Waals surface area contributed by atoms with Gasteiger partial charge in [0.05, 0.1) is 18.7 Å². The number of aromatic carboxylic acids is 1. The van der Waals surface area contributed by atoms with Crippen LogP contribution in [0.5, 0.6) is 0 Å². The maximum Gasteiger partial charge on any atom is 0.259 e. The minimum atomic E-state index is -1.23. The Morgan fingerprint density at radius 3 is 2.42 bits per heavy atom. The quantitative estimate of drug-likeness (QED) is 0.525. The number of benzene rings is 3. The maximum absolute atomic E-state index is 11.8. The van der Waals surface area contributed by atoms with Crippen molar-refractivity contribution in [1.29, 1.82) is 0 Å².